The number of carbonyl (C=O) groups excluding carboxylic acids is 1. The van der Waals surface area contributed by atoms with Gasteiger partial charge in [0.25, 0.3) is 0 Å². The van der Waals surface area contributed by atoms with E-state index in [-0.39, 0.29) is 5.92 Å². The molecule has 2 aromatic rings. The van der Waals surface area contributed by atoms with Gasteiger partial charge in [-0.1, -0.05) is 0 Å². The van der Waals surface area contributed by atoms with E-state index >= 15 is 0 Å². The number of benzene rings is 1. The van der Waals surface area contributed by atoms with Crippen molar-refractivity contribution in [3.63, 3.8) is 0 Å². The molecule has 0 bridgehead atoms. The summed E-state index contributed by atoms with van der Waals surface area (Å²) in [6.07, 6.45) is 6.96. The molecule has 2 fully saturated rings. The molecule has 3 heterocycles. The summed E-state index contributed by atoms with van der Waals surface area (Å²) in [7, 11) is 1.68. The van der Waals surface area contributed by atoms with E-state index in [1.807, 2.05) is 18.3 Å². The lowest BCUT2D eigenvalue weighted by Crippen LogP contribution is -2.51. The molecular formula is C24H31N5O2. The van der Waals surface area contributed by atoms with Crippen LogP contribution < -0.4 is 14.5 Å². The van der Waals surface area contributed by atoms with Gasteiger partial charge in [0, 0.05) is 62.8 Å². The van der Waals surface area contributed by atoms with Gasteiger partial charge in [-0.2, -0.15) is 0 Å². The lowest BCUT2D eigenvalue weighted by atomic mass is 9.86. The van der Waals surface area contributed by atoms with Crippen molar-refractivity contribution in [2.75, 3.05) is 56.2 Å². The second-order valence-corrected chi connectivity index (χ2v) is 8.79. The molecule has 2 aliphatic heterocycles. The summed E-state index contributed by atoms with van der Waals surface area (Å²) in [5.74, 6) is 2.09. The van der Waals surface area contributed by atoms with E-state index in [0.29, 0.717) is 5.91 Å². The predicted molar refractivity (Wildman–Crippen MR) is 121 cm³/mol. The van der Waals surface area contributed by atoms with Gasteiger partial charge in [-0.3, -0.25) is 4.79 Å². The van der Waals surface area contributed by atoms with Gasteiger partial charge in [-0.05, 0) is 61.9 Å². The first-order chi connectivity index (χ1) is 15.2. The van der Waals surface area contributed by atoms with Crippen LogP contribution in [0, 0.1) is 5.92 Å². The molecule has 1 atom stereocenters. The van der Waals surface area contributed by atoms with Crippen LogP contribution in [0.5, 0.6) is 5.75 Å². The summed E-state index contributed by atoms with van der Waals surface area (Å²) in [6, 6.07) is 8.16. The molecule has 1 aromatic carbocycles. The van der Waals surface area contributed by atoms with Crippen LogP contribution in [0.15, 0.2) is 30.5 Å². The number of ether oxygens (including phenoxy) is 1. The second kappa shape index (κ2) is 8.73. The Kier molecular flexibility index (Phi) is 5.66. The fourth-order valence-electron chi connectivity index (χ4n) is 5.01. The molecule has 2 saturated heterocycles. The van der Waals surface area contributed by atoms with E-state index in [2.05, 4.69) is 31.8 Å². The number of fused-ring (bicyclic) bond motifs is 1. The number of hydrogen-bond donors (Lipinski definition) is 0. The molecule has 1 aromatic heterocycles. The molecule has 7 heteroatoms. The molecule has 5 rings (SSSR count). The van der Waals surface area contributed by atoms with Crippen molar-refractivity contribution >= 4 is 17.5 Å². The third-order valence-corrected chi connectivity index (χ3v) is 6.90. The Morgan fingerprint density at radius 3 is 2.45 bits per heavy atom. The summed E-state index contributed by atoms with van der Waals surface area (Å²) in [5, 5.41) is 0. The SMILES string of the molecule is COc1ccc(N2CCN(C(=O)[C@H]3CCc4nc(N5CCCC5)ncc4C3)CC2)cc1. The minimum atomic E-state index is 0.0567. The lowest BCUT2D eigenvalue weighted by Gasteiger charge is -2.38. The van der Waals surface area contributed by atoms with E-state index in [4.69, 9.17) is 9.72 Å². The van der Waals surface area contributed by atoms with Crippen LogP contribution in [0.3, 0.4) is 0 Å². The van der Waals surface area contributed by atoms with E-state index < -0.39 is 0 Å². The Morgan fingerprint density at radius 2 is 1.74 bits per heavy atom. The van der Waals surface area contributed by atoms with Gasteiger partial charge in [0.15, 0.2) is 0 Å². The molecule has 1 amide bonds. The van der Waals surface area contributed by atoms with Crippen molar-refractivity contribution in [3.05, 3.63) is 41.7 Å². The second-order valence-electron chi connectivity index (χ2n) is 8.79. The van der Waals surface area contributed by atoms with Gasteiger partial charge in [-0.25, -0.2) is 9.97 Å². The van der Waals surface area contributed by atoms with Gasteiger partial charge < -0.3 is 19.4 Å². The maximum absolute atomic E-state index is 13.2. The van der Waals surface area contributed by atoms with Crippen LogP contribution >= 0.6 is 0 Å². The summed E-state index contributed by atoms with van der Waals surface area (Å²) < 4.78 is 5.25. The van der Waals surface area contributed by atoms with Crippen LogP contribution in [0.2, 0.25) is 0 Å². The quantitative estimate of drug-likeness (QED) is 0.756. The third-order valence-electron chi connectivity index (χ3n) is 6.90. The van der Waals surface area contributed by atoms with E-state index in [0.717, 1.165) is 81.5 Å². The monoisotopic (exact) mass is 421 g/mol. The highest BCUT2D eigenvalue weighted by atomic mass is 16.5. The number of rotatable bonds is 4. The van der Waals surface area contributed by atoms with Gasteiger partial charge in [-0.15, -0.1) is 0 Å². The molecule has 3 aliphatic rings. The average molecular weight is 422 g/mol. The highest BCUT2D eigenvalue weighted by Crippen LogP contribution is 2.28. The van der Waals surface area contributed by atoms with Gasteiger partial charge >= 0.3 is 0 Å². The number of nitrogens with zero attached hydrogens (tertiary/aromatic N) is 5. The molecule has 164 valence electrons. The Labute approximate surface area is 184 Å². The number of aryl methyl sites for hydroxylation is 1. The zero-order valence-electron chi connectivity index (χ0n) is 18.3. The third kappa shape index (κ3) is 4.18. The van der Waals surface area contributed by atoms with Gasteiger partial charge in [0.2, 0.25) is 11.9 Å². The number of amides is 1. The molecule has 31 heavy (non-hydrogen) atoms. The topological polar surface area (TPSA) is 61.8 Å². The van der Waals surface area contributed by atoms with Crippen LogP contribution in [-0.4, -0.2) is 67.2 Å². The van der Waals surface area contributed by atoms with Gasteiger partial charge in [0.05, 0.1) is 7.11 Å². The standard InChI is InChI=1S/C24H31N5O2/c1-31-21-7-5-20(6-8-21)27-12-14-28(15-13-27)23(30)18-4-9-22-19(16-18)17-25-24(26-22)29-10-2-3-11-29/h5-8,17-18H,2-4,9-16H2,1H3/t18-/m0/s1. The number of aromatic nitrogens is 2. The lowest BCUT2D eigenvalue weighted by molar-refractivity contribution is -0.136. The highest BCUT2D eigenvalue weighted by molar-refractivity contribution is 5.80. The first-order valence-corrected chi connectivity index (χ1v) is 11.5. The molecule has 0 saturated carbocycles. The van der Waals surface area contributed by atoms with E-state index in [1.54, 1.807) is 7.11 Å². The molecule has 7 nitrogen and oxygen atoms in total. The largest absolute Gasteiger partial charge is 0.497 e. The maximum atomic E-state index is 13.2. The Balaban J connectivity index is 1.18. The molecular weight excluding hydrogens is 390 g/mol. The number of piperazine rings is 1. The number of carbonyl (C=O) groups is 1. The van der Waals surface area contributed by atoms with Crippen LogP contribution in [0.25, 0.3) is 0 Å². The zero-order valence-corrected chi connectivity index (χ0v) is 18.3. The molecule has 0 radical (unpaired) electrons. The Morgan fingerprint density at radius 1 is 1.00 bits per heavy atom. The van der Waals surface area contributed by atoms with Crippen molar-refractivity contribution in [1.29, 1.82) is 0 Å². The highest BCUT2D eigenvalue weighted by Gasteiger charge is 2.31. The van der Waals surface area contributed by atoms with Crippen molar-refractivity contribution in [2.24, 2.45) is 5.92 Å². The summed E-state index contributed by atoms with van der Waals surface area (Å²) in [6.45, 7) is 5.40. The van der Waals surface area contributed by atoms with Crippen LogP contribution in [0.4, 0.5) is 11.6 Å². The predicted octanol–water partition coefficient (Wildman–Crippen LogP) is 2.54. The summed E-state index contributed by atoms with van der Waals surface area (Å²) >= 11 is 0. The first kappa shape index (κ1) is 20.1. The minimum absolute atomic E-state index is 0.0567. The van der Waals surface area contributed by atoms with E-state index in [1.165, 1.54) is 18.5 Å². The Bertz CT molecular complexity index is 918. The smallest absolute Gasteiger partial charge is 0.226 e. The zero-order chi connectivity index (χ0) is 21.2. The van der Waals surface area contributed by atoms with Crippen LogP contribution in [0.1, 0.15) is 30.5 Å². The fraction of sp³-hybridized carbons (Fsp3) is 0.542. The average Bonchev–Trinajstić information content (AvgIpc) is 3.38. The summed E-state index contributed by atoms with van der Waals surface area (Å²) in [5.41, 5.74) is 3.49. The van der Waals surface area contributed by atoms with E-state index in [9.17, 15) is 4.79 Å². The van der Waals surface area contributed by atoms with Crippen molar-refractivity contribution < 1.29 is 9.53 Å². The van der Waals surface area contributed by atoms with Crippen LogP contribution in [-0.2, 0) is 17.6 Å². The number of methoxy groups -OCH3 is 1. The maximum Gasteiger partial charge on any atom is 0.226 e. The number of anilines is 2. The summed E-state index contributed by atoms with van der Waals surface area (Å²) in [4.78, 5) is 29.3. The molecule has 1 aliphatic carbocycles. The Hall–Kier alpha value is -2.83. The van der Waals surface area contributed by atoms with Crippen molar-refractivity contribution in [3.8, 4) is 5.75 Å². The van der Waals surface area contributed by atoms with Crippen molar-refractivity contribution in [2.45, 2.75) is 32.1 Å². The molecule has 0 N–H and O–H groups in total. The van der Waals surface area contributed by atoms with Crippen molar-refractivity contribution in [1.82, 2.24) is 14.9 Å². The molecule has 0 spiro atoms. The molecule has 0 unspecified atom stereocenters. The minimum Gasteiger partial charge on any atom is -0.497 e. The number of hydrogen-bond acceptors (Lipinski definition) is 6. The fourth-order valence-corrected chi connectivity index (χ4v) is 5.01. The normalized spacial score (nSPS) is 21.2. The van der Waals surface area contributed by atoms with Gasteiger partial charge in [0.1, 0.15) is 5.75 Å². The first-order valence-electron chi connectivity index (χ1n) is 11.5.